The molecule has 4 aliphatic rings. The third-order valence-electron chi connectivity index (χ3n) is 8.98. The van der Waals surface area contributed by atoms with Gasteiger partial charge in [-0.2, -0.15) is 0 Å². The number of nitrogens with zero attached hydrogens (tertiary/aromatic N) is 4. The van der Waals surface area contributed by atoms with Crippen LogP contribution in [0, 0.1) is 0 Å². The van der Waals surface area contributed by atoms with Crippen molar-refractivity contribution in [2.75, 3.05) is 51.3 Å². The van der Waals surface area contributed by atoms with Crippen LogP contribution in [0.4, 0.5) is 5.69 Å². The summed E-state index contributed by atoms with van der Waals surface area (Å²) in [6.07, 6.45) is 4.65. The number of fused-ring (bicyclic) bond motifs is 1. The van der Waals surface area contributed by atoms with E-state index < -0.39 is 0 Å². The second kappa shape index (κ2) is 11.7. The lowest BCUT2D eigenvalue weighted by molar-refractivity contribution is -0.137. The van der Waals surface area contributed by atoms with Crippen molar-refractivity contribution in [1.82, 2.24) is 20.0 Å². The van der Waals surface area contributed by atoms with E-state index in [2.05, 4.69) is 74.4 Å². The molecular formula is C31H41N5O3. The highest BCUT2D eigenvalue weighted by atomic mass is 16.5. The Kier molecular flexibility index (Phi) is 7.86. The van der Waals surface area contributed by atoms with Crippen molar-refractivity contribution < 1.29 is 14.3 Å². The van der Waals surface area contributed by atoms with Crippen LogP contribution in [0.3, 0.4) is 0 Å². The fourth-order valence-corrected chi connectivity index (χ4v) is 6.61. The van der Waals surface area contributed by atoms with Crippen LogP contribution in [-0.2, 0) is 29.2 Å². The molecule has 4 heterocycles. The van der Waals surface area contributed by atoms with Gasteiger partial charge in [-0.3, -0.25) is 24.7 Å². The molecule has 2 aromatic carbocycles. The zero-order valence-electron chi connectivity index (χ0n) is 23.1. The number of likely N-dealkylation sites (N-methyl/N-ethyl adjacent to an activating group) is 1. The molecule has 0 aromatic heterocycles. The van der Waals surface area contributed by atoms with Gasteiger partial charge in [0, 0.05) is 64.0 Å². The standard InChI is InChI=1S/C31H41N5O3/c1-33-14-16-34(17-15-33)28-8-3-2-6-24(28)20-35-13-5-4-7-26(35)22-39-27-10-9-23-19-36(21-25(23)18-27)29-11-12-30(37)32-31(29)38/h2-3,6,8-10,18,26,29H,4-5,7,11-17,19-22H2,1H3,(H,32,37,38)/t26-,29?/m1/s1. The number of ether oxygens (including phenoxy) is 1. The number of hydrogen-bond acceptors (Lipinski definition) is 7. The molecule has 0 spiro atoms. The molecule has 0 bridgehead atoms. The van der Waals surface area contributed by atoms with Crippen molar-refractivity contribution >= 4 is 17.5 Å². The van der Waals surface area contributed by atoms with Crippen LogP contribution < -0.4 is 15.0 Å². The number of rotatable bonds is 7. The predicted octanol–water partition coefficient (Wildman–Crippen LogP) is 2.99. The molecule has 1 unspecified atom stereocenters. The van der Waals surface area contributed by atoms with E-state index in [0.29, 0.717) is 25.5 Å². The average Bonchev–Trinajstić information content (AvgIpc) is 3.36. The number of amides is 2. The lowest BCUT2D eigenvalue weighted by Crippen LogP contribution is -2.50. The molecule has 39 heavy (non-hydrogen) atoms. The lowest BCUT2D eigenvalue weighted by Gasteiger charge is -2.38. The average molecular weight is 532 g/mol. The van der Waals surface area contributed by atoms with Gasteiger partial charge in [-0.15, -0.1) is 0 Å². The summed E-state index contributed by atoms with van der Waals surface area (Å²) in [7, 11) is 2.21. The number of piperazine rings is 1. The molecule has 4 aliphatic heterocycles. The van der Waals surface area contributed by atoms with E-state index in [-0.39, 0.29) is 17.9 Å². The molecule has 3 saturated heterocycles. The largest absolute Gasteiger partial charge is 0.492 e. The van der Waals surface area contributed by atoms with E-state index in [1.54, 1.807) is 0 Å². The minimum atomic E-state index is -0.232. The van der Waals surface area contributed by atoms with E-state index in [4.69, 9.17) is 4.74 Å². The molecular weight excluding hydrogens is 490 g/mol. The second-order valence-electron chi connectivity index (χ2n) is 11.7. The quantitative estimate of drug-likeness (QED) is 0.551. The number of likely N-dealkylation sites (tertiary alicyclic amines) is 1. The van der Waals surface area contributed by atoms with Crippen molar-refractivity contribution in [3.63, 3.8) is 0 Å². The maximum Gasteiger partial charge on any atom is 0.243 e. The molecule has 8 heteroatoms. The first-order valence-corrected chi connectivity index (χ1v) is 14.6. The summed E-state index contributed by atoms with van der Waals surface area (Å²) in [5.74, 6) is 0.576. The zero-order chi connectivity index (χ0) is 26.8. The molecule has 3 fully saturated rings. The van der Waals surface area contributed by atoms with Crippen LogP contribution >= 0.6 is 0 Å². The summed E-state index contributed by atoms with van der Waals surface area (Å²) < 4.78 is 6.41. The first kappa shape index (κ1) is 26.3. The Bertz CT molecular complexity index is 1190. The first-order chi connectivity index (χ1) is 19.0. The molecule has 2 aromatic rings. The van der Waals surface area contributed by atoms with Gasteiger partial charge in [-0.1, -0.05) is 30.7 Å². The van der Waals surface area contributed by atoms with E-state index >= 15 is 0 Å². The van der Waals surface area contributed by atoms with Crippen molar-refractivity contribution in [2.45, 2.75) is 63.8 Å². The topological polar surface area (TPSA) is 68.4 Å². The highest BCUT2D eigenvalue weighted by Gasteiger charge is 2.35. The molecule has 208 valence electrons. The Morgan fingerprint density at radius 2 is 1.74 bits per heavy atom. The summed E-state index contributed by atoms with van der Waals surface area (Å²) in [4.78, 5) is 33.7. The summed E-state index contributed by atoms with van der Waals surface area (Å²) in [5.41, 5.74) is 5.26. The Hall–Kier alpha value is -2.94. The van der Waals surface area contributed by atoms with Gasteiger partial charge in [0.2, 0.25) is 11.8 Å². The normalized spacial score (nSPS) is 25.0. The maximum absolute atomic E-state index is 12.4. The van der Waals surface area contributed by atoms with Gasteiger partial charge in [0.15, 0.2) is 0 Å². The van der Waals surface area contributed by atoms with Crippen LogP contribution in [0.15, 0.2) is 42.5 Å². The van der Waals surface area contributed by atoms with Gasteiger partial charge < -0.3 is 14.5 Å². The van der Waals surface area contributed by atoms with Crippen molar-refractivity contribution in [3.05, 3.63) is 59.2 Å². The maximum atomic E-state index is 12.4. The van der Waals surface area contributed by atoms with Crippen molar-refractivity contribution in [2.24, 2.45) is 0 Å². The fraction of sp³-hybridized carbons (Fsp3) is 0.548. The van der Waals surface area contributed by atoms with Gasteiger partial charge in [0.25, 0.3) is 0 Å². The molecule has 0 saturated carbocycles. The van der Waals surface area contributed by atoms with Gasteiger partial charge in [0.05, 0.1) is 6.04 Å². The molecule has 2 amide bonds. The second-order valence-corrected chi connectivity index (χ2v) is 11.7. The SMILES string of the molecule is CN1CCN(c2ccccc2CN2CCCC[C@@H]2COc2ccc3c(c2)CN(C2CCC(=O)NC2=O)C3)CC1. The number of para-hydroxylation sites is 1. The monoisotopic (exact) mass is 531 g/mol. The van der Waals surface area contributed by atoms with Crippen LogP contribution in [0.1, 0.15) is 48.8 Å². The molecule has 1 N–H and O–H groups in total. The Morgan fingerprint density at radius 1 is 0.923 bits per heavy atom. The highest BCUT2D eigenvalue weighted by molar-refractivity contribution is 6.00. The van der Waals surface area contributed by atoms with Crippen molar-refractivity contribution in [1.29, 1.82) is 0 Å². The Balaban J connectivity index is 1.08. The summed E-state index contributed by atoms with van der Waals surface area (Å²) in [6.45, 7) is 8.60. The van der Waals surface area contributed by atoms with Gasteiger partial charge in [0.1, 0.15) is 12.4 Å². The predicted molar refractivity (Wildman–Crippen MR) is 152 cm³/mol. The first-order valence-electron chi connectivity index (χ1n) is 14.6. The molecule has 0 aliphatic carbocycles. The van der Waals surface area contributed by atoms with E-state index in [9.17, 15) is 9.59 Å². The zero-order valence-corrected chi connectivity index (χ0v) is 23.1. The number of piperidine rings is 2. The number of nitrogens with one attached hydrogen (secondary N) is 1. The molecule has 2 atom stereocenters. The molecule has 6 rings (SSSR count). The Morgan fingerprint density at radius 3 is 2.59 bits per heavy atom. The minimum absolute atomic E-state index is 0.164. The van der Waals surface area contributed by atoms with E-state index in [1.807, 2.05) is 0 Å². The lowest BCUT2D eigenvalue weighted by atomic mass is 10.0. The number of hydrogen-bond donors (Lipinski definition) is 1. The smallest absolute Gasteiger partial charge is 0.243 e. The number of carbonyl (C=O) groups is 2. The van der Waals surface area contributed by atoms with E-state index in [1.165, 1.54) is 35.2 Å². The third kappa shape index (κ3) is 5.98. The summed E-state index contributed by atoms with van der Waals surface area (Å²) in [6, 6.07) is 15.5. The number of carbonyl (C=O) groups excluding carboxylic acids is 2. The summed E-state index contributed by atoms with van der Waals surface area (Å²) in [5, 5.41) is 2.49. The minimum Gasteiger partial charge on any atom is -0.492 e. The van der Waals surface area contributed by atoms with Crippen molar-refractivity contribution in [3.8, 4) is 5.75 Å². The summed E-state index contributed by atoms with van der Waals surface area (Å²) >= 11 is 0. The number of imide groups is 1. The van der Waals surface area contributed by atoms with Crippen LogP contribution in [0.5, 0.6) is 5.75 Å². The fourth-order valence-electron chi connectivity index (χ4n) is 6.61. The highest BCUT2D eigenvalue weighted by Crippen LogP contribution is 2.31. The third-order valence-corrected chi connectivity index (χ3v) is 8.98. The number of benzene rings is 2. The van der Waals surface area contributed by atoms with E-state index in [0.717, 1.165) is 64.5 Å². The van der Waals surface area contributed by atoms with Crippen LogP contribution in [0.25, 0.3) is 0 Å². The Labute approximate surface area is 231 Å². The van der Waals surface area contributed by atoms with Gasteiger partial charge in [-0.05, 0) is 67.7 Å². The van der Waals surface area contributed by atoms with Crippen LogP contribution in [0.2, 0.25) is 0 Å². The molecule has 0 radical (unpaired) electrons. The van der Waals surface area contributed by atoms with Gasteiger partial charge in [-0.25, -0.2) is 0 Å². The van der Waals surface area contributed by atoms with Crippen LogP contribution in [-0.4, -0.2) is 85.0 Å². The van der Waals surface area contributed by atoms with Gasteiger partial charge >= 0.3 is 0 Å². The number of anilines is 1. The molecule has 8 nitrogen and oxygen atoms in total.